The maximum absolute atomic E-state index is 5.52. The molecule has 84 valence electrons. The largest absolute Gasteiger partial charge is 0.497 e. The fourth-order valence-corrected chi connectivity index (χ4v) is 1.93. The van der Waals surface area contributed by atoms with Gasteiger partial charge in [-0.15, -0.1) is 0 Å². The van der Waals surface area contributed by atoms with E-state index in [1.54, 1.807) is 7.11 Å². The van der Waals surface area contributed by atoms with Crippen molar-refractivity contribution < 1.29 is 4.74 Å². The Balaban J connectivity index is 1.99. The highest BCUT2D eigenvalue weighted by Gasteiger charge is 2.02. The monoisotopic (exact) mass is 235 g/mol. The minimum atomic E-state index is 0.528. The molecule has 16 heavy (non-hydrogen) atoms. The Labute approximate surface area is 98.3 Å². The van der Waals surface area contributed by atoms with E-state index in [9.17, 15) is 0 Å². The molecule has 4 nitrogen and oxygen atoms in total. The number of hydrogen-bond donors (Lipinski definition) is 1. The number of nitrogen functional groups attached to an aromatic ring is 1. The van der Waals surface area contributed by atoms with Crippen LogP contribution in [0.15, 0.2) is 24.3 Å². The van der Waals surface area contributed by atoms with E-state index in [-0.39, 0.29) is 0 Å². The number of anilines is 1. The second-order valence-electron chi connectivity index (χ2n) is 3.40. The standard InChI is InChI=1S/C11H13N3OS/c1-15-9-4-2-3-8(7-9)5-6-10-13-11(12)16-14-10/h2-4,7H,5-6H2,1H3,(H2,12,13,14). The van der Waals surface area contributed by atoms with Gasteiger partial charge in [-0.05, 0) is 24.1 Å². The van der Waals surface area contributed by atoms with Crippen molar-refractivity contribution in [3.8, 4) is 5.75 Å². The molecule has 0 saturated carbocycles. The molecule has 0 bridgehead atoms. The maximum Gasteiger partial charge on any atom is 0.199 e. The molecule has 0 atom stereocenters. The molecule has 2 N–H and O–H groups in total. The van der Waals surface area contributed by atoms with Gasteiger partial charge in [-0.25, -0.2) is 4.98 Å². The number of nitrogens with zero attached hydrogens (tertiary/aromatic N) is 2. The van der Waals surface area contributed by atoms with Crippen LogP contribution in [0, 0.1) is 0 Å². The molecule has 0 spiro atoms. The Morgan fingerprint density at radius 3 is 2.94 bits per heavy atom. The molecule has 0 saturated heterocycles. The van der Waals surface area contributed by atoms with Crippen LogP contribution in [0.4, 0.5) is 5.13 Å². The predicted molar refractivity (Wildman–Crippen MR) is 64.7 cm³/mol. The van der Waals surface area contributed by atoms with Crippen LogP contribution < -0.4 is 10.5 Å². The smallest absolute Gasteiger partial charge is 0.199 e. The summed E-state index contributed by atoms with van der Waals surface area (Å²) < 4.78 is 9.31. The lowest BCUT2D eigenvalue weighted by atomic mass is 10.1. The van der Waals surface area contributed by atoms with Crippen molar-refractivity contribution in [1.29, 1.82) is 0 Å². The summed E-state index contributed by atoms with van der Waals surface area (Å²) in [4.78, 5) is 4.12. The molecule has 0 fully saturated rings. The zero-order valence-corrected chi connectivity index (χ0v) is 9.83. The van der Waals surface area contributed by atoms with E-state index in [1.165, 1.54) is 17.1 Å². The number of aromatic nitrogens is 2. The number of rotatable bonds is 4. The van der Waals surface area contributed by atoms with Gasteiger partial charge in [-0.2, -0.15) is 4.37 Å². The maximum atomic E-state index is 5.52. The van der Waals surface area contributed by atoms with E-state index in [0.717, 1.165) is 24.4 Å². The van der Waals surface area contributed by atoms with Gasteiger partial charge in [0.1, 0.15) is 11.6 Å². The Morgan fingerprint density at radius 2 is 2.25 bits per heavy atom. The van der Waals surface area contributed by atoms with Crippen molar-refractivity contribution in [3.05, 3.63) is 35.7 Å². The lowest BCUT2D eigenvalue weighted by Gasteiger charge is -2.02. The first-order valence-electron chi connectivity index (χ1n) is 4.99. The normalized spacial score (nSPS) is 10.3. The summed E-state index contributed by atoms with van der Waals surface area (Å²) >= 11 is 1.24. The van der Waals surface area contributed by atoms with Crippen LogP contribution >= 0.6 is 11.5 Å². The zero-order chi connectivity index (χ0) is 11.4. The summed E-state index contributed by atoms with van der Waals surface area (Å²) in [7, 11) is 1.67. The lowest BCUT2D eigenvalue weighted by Crippen LogP contribution is -1.94. The van der Waals surface area contributed by atoms with Gasteiger partial charge < -0.3 is 10.5 Å². The van der Waals surface area contributed by atoms with Gasteiger partial charge in [0, 0.05) is 18.0 Å². The van der Waals surface area contributed by atoms with E-state index >= 15 is 0 Å². The Kier molecular flexibility index (Phi) is 3.36. The fourth-order valence-electron chi connectivity index (χ4n) is 1.45. The first kappa shape index (κ1) is 10.9. The van der Waals surface area contributed by atoms with E-state index in [0.29, 0.717) is 5.13 Å². The number of benzene rings is 1. The van der Waals surface area contributed by atoms with Gasteiger partial charge in [-0.1, -0.05) is 12.1 Å². The molecule has 1 aromatic heterocycles. The average molecular weight is 235 g/mol. The first-order valence-corrected chi connectivity index (χ1v) is 5.76. The number of nitrogens with two attached hydrogens (primary N) is 1. The molecular formula is C11H13N3OS. The third-order valence-corrected chi connectivity index (χ3v) is 2.84. The van der Waals surface area contributed by atoms with Crippen LogP contribution in [0.5, 0.6) is 5.75 Å². The number of ether oxygens (including phenoxy) is 1. The number of aryl methyl sites for hydroxylation is 2. The highest BCUT2D eigenvalue weighted by Crippen LogP contribution is 2.14. The van der Waals surface area contributed by atoms with E-state index in [2.05, 4.69) is 15.4 Å². The molecule has 0 aliphatic heterocycles. The van der Waals surface area contributed by atoms with Crippen molar-refractivity contribution >= 4 is 16.7 Å². The van der Waals surface area contributed by atoms with Crippen molar-refractivity contribution in [2.24, 2.45) is 0 Å². The van der Waals surface area contributed by atoms with Gasteiger partial charge in [0.2, 0.25) is 0 Å². The summed E-state index contributed by atoms with van der Waals surface area (Å²) in [5.74, 6) is 1.69. The lowest BCUT2D eigenvalue weighted by molar-refractivity contribution is 0.414. The van der Waals surface area contributed by atoms with Crippen LogP contribution in [-0.2, 0) is 12.8 Å². The Hall–Kier alpha value is -1.62. The Bertz CT molecular complexity index is 470. The molecule has 0 aliphatic carbocycles. The molecule has 1 aromatic carbocycles. The van der Waals surface area contributed by atoms with Crippen LogP contribution in [0.1, 0.15) is 11.4 Å². The molecule has 0 amide bonds. The summed E-state index contributed by atoms with van der Waals surface area (Å²) in [5, 5.41) is 0.528. The van der Waals surface area contributed by atoms with Crippen LogP contribution in [-0.4, -0.2) is 16.5 Å². The summed E-state index contributed by atoms with van der Waals surface area (Å²) in [6, 6.07) is 8.01. The molecule has 1 heterocycles. The Morgan fingerprint density at radius 1 is 1.38 bits per heavy atom. The molecular weight excluding hydrogens is 222 g/mol. The average Bonchev–Trinajstić information content (AvgIpc) is 2.73. The van der Waals surface area contributed by atoms with Crippen LogP contribution in [0.2, 0.25) is 0 Å². The third-order valence-electron chi connectivity index (χ3n) is 2.26. The number of methoxy groups -OCH3 is 1. The van der Waals surface area contributed by atoms with Gasteiger partial charge in [-0.3, -0.25) is 0 Å². The highest BCUT2D eigenvalue weighted by atomic mass is 32.1. The molecule has 0 radical (unpaired) electrons. The quantitative estimate of drug-likeness (QED) is 0.879. The minimum Gasteiger partial charge on any atom is -0.497 e. The van der Waals surface area contributed by atoms with Crippen LogP contribution in [0.25, 0.3) is 0 Å². The summed E-state index contributed by atoms with van der Waals surface area (Å²) in [5.41, 5.74) is 6.73. The van der Waals surface area contributed by atoms with Crippen molar-refractivity contribution in [3.63, 3.8) is 0 Å². The van der Waals surface area contributed by atoms with E-state index < -0.39 is 0 Å². The van der Waals surface area contributed by atoms with Gasteiger partial charge in [0.25, 0.3) is 0 Å². The molecule has 0 unspecified atom stereocenters. The van der Waals surface area contributed by atoms with E-state index in [1.807, 2.05) is 18.2 Å². The molecule has 0 aliphatic rings. The van der Waals surface area contributed by atoms with Crippen molar-refractivity contribution in [1.82, 2.24) is 9.36 Å². The summed E-state index contributed by atoms with van der Waals surface area (Å²) in [6.45, 7) is 0. The molecule has 2 rings (SSSR count). The minimum absolute atomic E-state index is 0.528. The van der Waals surface area contributed by atoms with Gasteiger partial charge in [0.15, 0.2) is 5.13 Å². The zero-order valence-electron chi connectivity index (χ0n) is 9.01. The third kappa shape index (κ3) is 2.70. The second-order valence-corrected chi connectivity index (χ2v) is 4.18. The topological polar surface area (TPSA) is 61.0 Å². The van der Waals surface area contributed by atoms with Crippen molar-refractivity contribution in [2.75, 3.05) is 12.8 Å². The van der Waals surface area contributed by atoms with E-state index in [4.69, 9.17) is 10.5 Å². The first-order chi connectivity index (χ1) is 7.78. The summed E-state index contributed by atoms with van der Waals surface area (Å²) in [6.07, 6.45) is 1.70. The SMILES string of the molecule is COc1cccc(CCc2nsc(N)n2)c1. The predicted octanol–water partition coefficient (Wildman–Crippen LogP) is 1.91. The van der Waals surface area contributed by atoms with Crippen LogP contribution in [0.3, 0.4) is 0 Å². The van der Waals surface area contributed by atoms with Gasteiger partial charge in [0.05, 0.1) is 7.11 Å². The van der Waals surface area contributed by atoms with Crippen molar-refractivity contribution in [2.45, 2.75) is 12.8 Å². The molecule has 2 aromatic rings. The fraction of sp³-hybridized carbons (Fsp3) is 0.273. The number of hydrogen-bond acceptors (Lipinski definition) is 5. The highest BCUT2D eigenvalue weighted by molar-refractivity contribution is 7.09. The molecule has 5 heteroatoms. The van der Waals surface area contributed by atoms with Gasteiger partial charge >= 0.3 is 0 Å². The second kappa shape index (κ2) is 4.94.